The number of ether oxygens (including phenoxy) is 1. The number of para-hydroxylation sites is 1. The molecular formula is C15H14Br2N2O2. The molecule has 0 saturated carbocycles. The molecule has 0 radical (unpaired) electrons. The van der Waals surface area contributed by atoms with Crippen LogP contribution >= 0.6 is 31.9 Å². The molecule has 0 heterocycles. The van der Waals surface area contributed by atoms with Crippen LogP contribution in [-0.2, 0) is 11.3 Å². The van der Waals surface area contributed by atoms with Gasteiger partial charge in [0.05, 0.1) is 5.69 Å². The Hall–Kier alpha value is -1.53. The van der Waals surface area contributed by atoms with Crippen LogP contribution in [0.4, 0.5) is 5.69 Å². The molecule has 4 nitrogen and oxygen atoms in total. The second-order valence-corrected chi connectivity index (χ2v) is 6.06. The lowest BCUT2D eigenvalue weighted by Gasteiger charge is -2.11. The number of anilines is 1. The van der Waals surface area contributed by atoms with Crippen molar-refractivity contribution in [3.63, 3.8) is 0 Å². The second-order valence-electron chi connectivity index (χ2n) is 4.35. The number of rotatable bonds is 6. The van der Waals surface area contributed by atoms with E-state index in [4.69, 9.17) is 10.5 Å². The number of halogens is 2. The van der Waals surface area contributed by atoms with Crippen molar-refractivity contribution in [1.29, 1.82) is 0 Å². The lowest BCUT2D eigenvalue weighted by atomic mass is 10.2. The molecule has 21 heavy (non-hydrogen) atoms. The van der Waals surface area contributed by atoms with Crippen molar-refractivity contribution in [1.82, 2.24) is 0 Å². The van der Waals surface area contributed by atoms with Gasteiger partial charge in [-0.2, -0.15) is 0 Å². The van der Waals surface area contributed by atoms with E-state index in [9.17, 15) is 4.79 Å². The first kappa shape index (κ1) is 15.9. The maximum Gasteiger partial charge on any atom is 0.255 e. The van der Waals surface area contributed by atoms with Gasteiger partial charge in [0.1, 0.15) is 5.75 Å². The van der Waals surface area contributed by atoms with Gasteiger partial charge in [-0.3, -0.25) is 4.79 Å². The lowest BCUT2D eigenvalue weighted by molar-refractivity contribution is -0.119. The molecule has 0 unspecified atom stereocenters. The van der Waals surface area contributed by atoms with Crippen LogP contribution in [0.2, 0.25) is 0 Å². The quantitative estimate of drug-likeness (QED) is 0.758. The van der Waals surface area contributed by atoms with E-state index in [1.807, 2.05) is 42.5 Å². The summed E-state index contributed by atoms with van der Waals surface area (Å²) < 4.78 is 7.21. The molecule has 1 amide bonds. The van der Waals surface area contributed by atoms with Gasteiger partial charge in [0.2, 0.25) is 0 Å². The summed E-state index contributed by atoms with van der Waals surface area (Å²) in [5.41, 5.74) is 7.13. The molecule has 3 N–H and O–H groups in total. The van der Waals surface area contributed by atoms with Crippen molar-refractivity contribution >= 4 is 43.5 Å². The third-order valence-electron chi connectivity index (χ3n) is 2.74. The molecule has 2 aromatic rings. The molecule has 0 spiro atoms. The predicted octanol–water partition coefficient (Wildman–Crippen LogP) is 3.69. The number of amides is 1. The van der Waals surface area contributed by atoms with E-state index < -0.39 is 5.91 Å². The minimum atomic E-state index is -0.487. The molecule has 0 atom stereocenters. The summed E-state index contributed by atoms with van der Waals surface area (Å²) in [4.78, 5) is 10.6. The first-order valence-electron chi connectivity index (χ1n) is 6.24. The smallest absolute Gasteiger partial charge is 0.255 e. The SMILES string of the molecule is NC(=O)COc1ccc(CNc2c(Br)cccc2Br)cc1. The summed E-state index contributed by atoms with van der Waals surface area (Å²) in [7, 11) is 0. The first-order chi connectivity index (χ1) is 10.1. The molecule has 0 aliphatic rings. The second kappa shape index (κ2) is 7.47. The average Bonchev–Trinajstić information content (AvgIpc) is 2.46. The van der Waals surface area contributed by atoms with Crippen molar-refractivity contribution in [2.45, 2.75) is 6.54 Å². The summed E-state index contributed by atoms with van der Waals surface area (Å²) >= 11 is 7.02. The predicted molar refractivity (Wildman–Crippen MR) is 90.3 cm³/mol. The van der Waals surface area contributed by atoms with Gasteiger partial charge in [-0.1, -0.05) is 18.2 Å². The van der Waals surface area contributed by atoms with Crippen LogP contribution in [0.25, 0.3) is 0 Å². The van der Waals surface area contributed by atoms with Gasteiger partial charge in [0.25, 0.3) is 5.91 Å². The Morgan fingerprint density at radius 1 is 1.10 bits per heavy atom. The Kier molecular flexibility index (Phi) is 5.64. The van der Waals surface area contributed by atoms with Crippen LogP contribution in [0, 0.1) is 0 Å². The maximum absolute atomic E-state index is 10.6. The Labute approximate surface area is 139 Å². The average molecular weight is 414 g/mol. The summed E-state index contributed by atoms with van der Waals surface area (Å²) in [6.45, 7) is 0.568. The third kappa shape index (κ3) is 4.75. The molecule has 0 aliphatic heterocycles. The zero-order chi connectivity index (χ0) is 15.2. The number of nitrogens with two attached hydrogens (primary N) is 1. The standard InChI is InChI=1S/C15H14Br2N2O2/c16-12-2-1-3-13(17)15(12)19-8-10-4-6-11(7-5-10)21-9-14(18)20/h1-7,19H,8-9H2,(H2,18,20). The van der Waals surface area contributed by atoms with Crippen LogP contribution in [0.5, 0.6) is 5.75 Å². The van der Waals surface area contributed by atoms with Gasteiger partial charge in [-0.25, -0.2) is 0 Å². The Bertz CT molecular complexity index is 610. The van der Waals surface area contributed by atoms with Gasteiger partial charge in [0, 0.05) is 15.5 Å². The first-order valence-corrected chi connectivity index (χ1v) is 7.83. The normalized spacial score (nSPS) is 10.2. The molecule has 0 aromatic heterocycles. The van der Waals surface area contributed by atoms with Crippen molar-refractivity contribution < 1.29 is 9.53 Å². The Morgan fingerprint density at radius 2 is 1.71 bits per heavy atom. The molecule has 2 rings (SSSR count). The highest BCUT2D eigenvalue weighted by Crippen LogP contribution is 2.30. The van der Waals surface area contributed by atoms with Gasteiger partial charge < -0.3 is 15.8 Å². The van der Waals surface area contributed by atoms with E-state index in [1.54, 1.807) is 0 Å². The summed E-state index contributed by atoms with van der Waals surface area (Å²) in [5, 5.41) is 3.36. The summed E-state index contributed by atoms with van der Waals surface area (Å²) in [6, 6.07) is 13.4. The topological polar surface area (TPSA) is 64.4 Å². The lowest BCUT2D eigenvalue weighted by Crippen LogP contribution is -2.19. The maximum atomic E-state index is 10.6. The molecule has 0 fully saturated rings. The number of hydrogen-bond acceptors (Lipinski definition) is 3. The van der Waals surface area contributed by atoms with Crippen LogP contribution in [-0.4, -0.2) is 12.5 Å². The van der Waals surface area contributed by atoms with Crippen LogP contribution < -0.4 is 15.8 Å². The van der Waals surface area contributed by atoms with Crippen LogP contribution in [0.3, 0.4) is 0 Å². The zero-order valence-electron chi connectivity index (χ0n) is 11.1. The number of benzene rings is 2. The fourth-order valence-corrected chi connectivity index (χ4v) is 2.99. The highest BCUT2D eigenvalue weighted by molar-refractivity contribution is 9.11. The van der Waals surface area contributed by atoms with Gasteiger partial charge in [0.15, 0.2) is 6.61 Å². The van der Waals surface area contributed by atoms with Crippen molar-refractivity contribution in [3.05, 3.63) is 57.0 Å². The minimum absolute atomic E-state index is 0.110. The van der Waals surface area contributed by atoms with Crippen molar-refractivity contribution in [3.8, 4) is 5.75 Å². The van der Waals surface area contributed by atoms with Gasteiger partial charge in [-0.15, -0.1) is 0 Å². The molecule has 110 valence electrons. The van der Waals surface area contributed by atoms with E-state index in [2.05, 4.69) is 37.2 Å². The number of hydrogen-bond donors (Lipinski definition) is 2. The minimum Gasteiger partial charge on any atom is -0.484 e. The molecule has 6 heteroatoms. The zero-order valence-corrected chi connectivity index (χ0v) is 14.3. The van der Waals surface area contributed by atoms with E-state index in [0.29, 0.717) is 12.3 Å². The summed E-state index contributed by atoms with van der Waals surface area (Å²) in [6.07, 6.45) is 0. The molecule has 0 aliphatic carbocycles. The molecule has 0 saturated heterocycles. The Morgan fingerprint density at radius 3 is 2.29 bits per heavy atom. The molecule has 2 aromatic carbocycles. The number of nitrogens with one attached hydrogen (secondary N) is 1. The van der Waals surface area contributed by atoms with E-state index in [-0.39, 0.29) is 6.61 Å². The molecular weight excluding hydrogens is 400 g/mol. The number of primary amides is 1. The van der Waals surface area contributed by atoms with Crippen LogP contribution in [0.15, 0.2) is 51.4 Å². The van der Waals surface area contributed by atoms with Gasteiger partial charge >= 0.3 is 0 Å². The van der Waals surface area contributed by atoms with Crippen molar-refractivity contribution in [2.24, 2.45) is 5.73 Å². The number of carbonyl (C=O) groups is 1. The van der Waals surface area contributed by atoms with E-state index >= 15 is 0 Å². The fraction of sp³-hybridized carbons (Fsp3) is 0.133. The van der Waals surface area contributed by atoms with Crippen LogP contribution in [0.1, 0.15) is 5.56 Å². The fourth-order valence-electron chi connectivity index (χ4n) is 1.72. The third-order valence-corrected chi connectivity index (χ3v) is 4.06. The highest BCUT2D eigenvalue weighted by Gasteiger charge is 2.04. The van der Waals surface area contributed by atoms with E-state index in [1.165, 1.54) is 0 Å². The Balaban J connectivity index is 1.96. The van der Waals surface area contributed by atoms with Crippen molar-refractivity contribution in [2.75, 3.05) is 11.9 Å². The summed E-state index contributed by atoms with van der Waals surface area (Å²) in [5.74, 6) is 0.138. The number of carbonyl (C=O) groups excluding carboxylic acids is 1. The monoisotopic (exact) mass is 412 g/mol. The highest BCUT2D eigenvalue weighted by atomic mass is 79.9. The largest absolute Gasteiger partial charge is 0.484 e. The van der Waals surface area contributed by atoms with Gasteiger partial charge in [-0.05, 0) is 61.7 Å². The van der Waals surface area contributed by atoms with E-state index in [0.717, 1.165) is 20.2 Å². The molecule has 0 bridgehead atoms.